The van der Waals surface area contributed by atoms with Gasteiger partial charge in [0.1, 0.15) is 5.82 Å². The Morgan fingerprint density at radius 2 is 1.78 bits per heavy atom. The van der Waals surface area contributed by atoms with Crippen LogP contribution in [0.25, 0.3) is 5.69 Å². The van der Waals surface area contributed by atoms with Crippen molar-refractivity contribution in [1.29, 1.82) is 0 Å². The number of hydrogen-bond acceptors (Lipinski definition) is 4. The van der Waals surface area contributed by atoms with Crippen LogP contribution in [0.2, 0.25) is 5.02 Å². The van der Waals surface area contributed by atoms with Gasteiger partial charge in [-0.1, -0.05) is 36.1 Å². The van der Waals surface area contributed by atoms with Gasteiger partial charge in [0.15, 0.2) is 5.69 Å². The maximum absolute atomic E-state index is 13.2. The van der Waals surface area contributed by atoms with Crippen molar-refractivity contribution in [3.8, 4) is 5.69 Å². The highest BCUT2D eigenvalue weighted by Crippen LogP contribution is 2.23. The summed E-state index contributed by atoms with van der Waals surface area (Å²) in [5.74, 6) is -1.09. The Morgan fingerprint density at radius 3 is 2.50 bits per heavy atom. The Hall–Kier alpha value is -3.26. The number of halogens is 2. The number of anilines is 1. The summed E-state index contributed by atoms with van der Waals surface area (Å²) in [6, 6.07) is 10.6. The first kappa shape index (κ1) is 22.0. The minimum Gasteiger partial charge on any atom is -0.349 e. The summed E-state index contributed by atoms with van der Waals surface area (Å²) < 4.78 is 14.6. The van der Waals surface area contributed by atoms with E-state index in [0.29, 0.717) is 27.7 Å². The van der Waals surface area contributed by atoms with E-state index < -0.39 is 5.91 Å². The smallest absolute Gasteiger partial charge is 0.278 e. The molecule has 166 valence electrons. The monoisotopic (exact) mass is 455 g/mol. The SMILES string of the molecule is Cc1c(C(=O)Nc2ccc(Cl)c(C(=O)NC3CCCCC3)c2)nnn1-c1ccc(F)cc1. The van der Waals surface area contributed by atoms with Crippen LogP contribution in [-0.4, -0.2) is 32.9 Å². The minimum absolute atomic E-state index is 0.123. The lowest BCUT2D eigenvalue weighted by Gasteiger charge is -2.23. The molecule has 1 aliphatic rings. The van der Waals surface area contributed by atoms with Crippen molar-refractivity contribution in [3.63, 3.8) is 0 Å². The first-order valence-electron chi connectivity index (χ1n) is 10.5. The van der Waals surface area contributed by atoms with Gasteiger partial charge in [-0.15, -0.1) is 5.10 Å². The molecule has 0 bridgehead atoms. The molecule has 1 saturated carbocycles. The minimum atomic E-state index is -0.475. The van der Waals surface area contributed by atoms with Crippen LogP contribution in [0.5, 0.6) is 0 Å². The molecule has 4 rings (SSSR count). The average Bonchev–Trinajstić information content (AvgIpc) is 3.17. The van der Waals surface area contributed by atoms with Gasteiger partial charge < -0.3 is 10.6 Å². The maximum Gasteiger partial charge on any atom is 0.278 e. The number of carbonyl (C=O) groups is 2. The van der Waals surface area contributed by atoms with Crippen molar-refractivity contribution >= 4 is 29.1 Å². The molecule has 2 amide bonds. The van der Waals surface area contributed by atoms with Crippen LogP contribution >= 0.6 is 11.6 Å². The number of aromatic nitrogens is 3. The predicted molar refractivity (Wildman–Crippen MR) is 120 cm³/mol. The third-order valence-corrected chi connectivity index (χ3v) is 5.92. The molecule has 1 aromatic heterocycles. The van der Waals surface area contributed by atoms with Crippen molar-refractivity contribution in [3.05, 3.63) is 70.3 Å². The molecule has 0 saturated heterocycles. The fourth-order valence-electron chi connectivity index (χ4n) is 3.84. The van der Waals surface area contributed by atoms with Crippen LogP contribution in [0.15, 0.2) is 42.5 Å². The summed E-state index contributed by atoms with van der Waals surface area (Å²) in [5, 5.41) is 14.1. The zero-order valence-electron chi connectivity index (χ0n) is 17.6. The second-order valence-electron chi connectivity index (χ2n) is 7.87. The van der Waals surface area contributed by atoms with Crippen molar-refractivity contribution in [2.24, 2.45) is 0 Å². The molecule has 32 heavy (non-hydrogen) atoms. The lowest BCUT2D eigenvalue weighted by Crippen LogP contribution is -2.36. The van der Waals surface area contributed by atoms with E-state index in [0.717, 1.165) is 25.7 Å². The molecule has 0 unspecified atom stereocenters. The zero-order valence-corrected chi connectivity index (χ0v) is 18.3. The van der Waals surface area contributed by atoms with E-state index >= 15 is 0 Å². The summed E-state index contributed by atoms with van der Waals surface area (Å²) in [6.07, 6.45) is 5.32. The van der Waals surface area contributed by atoms with E-state index in [1.165, 1.54) is 23.2 Å². The van der Waals surface area contributed by atoms with E-state index in [9.17, 15) is 14.0 Å². The highest BCUT2D eigenvalue weighted by Gasteiger charge is 2.21. The molecular weight excluding hydrogens is 433 g/mol. The van der Waals surface area contributed by atoms with E-state index in [2.05, 4.69) is 20.9 Å². The fourth-order valence-corrected chi connectivity index (χ4v) is 4.05. The molecule has 9 heteroatoms. The Bertz CT molecular complexity index is 1140. The molecule has 0 spiro atoms. The number of benzene rings is 2. The van der Waals surface area contributed by atoms with Gasteiger partial charge in [-0.2, -0.15) is 0 Å². The summed E-state index contributed by atoms with van der Waals surface area (Å²) in [4.78, 5) is 25.5. The molecule has 7 nitrogen and oxygen atoms in total. The van der Waals surface area contributed by atoms with Crippen molar-refractivity contribution in [2.75, 3.05) is 5.32 Å². The molecule has 2 aromatic carbocycles. The predicted octanol–water partition coefficient (Wildman–Crippen LogP) is 4.68. The molecule has 0 atom stereocenters. The lowest BCUT2D eigenvalue weighted by atomic mass is 9.95. The van der Waals surface area contributed by atoms with Gasteiger partial charge in [0.2, 0.25) is 0 Å². The normalized spacial score (nSPS) is 14.2. The second-order valence-corrected chi connectivity index (χ2v) is 8.28. The standard InChI is InChI=1S/C23H23ClFN5O2/c1-14-21(28-29-30(14)18-10-7-15(25)8-11-18)23(32)27-17-9-12-20(24)19(13-17)22(31)26-16-5-3-2-4-6-16/h7-13,16H,2-6H2,1H3,(H,26,31)(H,27,32). The molecule has 2 N–H and O–H groups in total. The number of hydrogen-bond donors (Lipinski definition) is 2. The topological polar surface area (TPSA) is 88.9 Å². The van der Waals surface area contributed by atoms with Crippen molar-refractivity contribution < 1.29 is 14.0 Å². The molecule has 0 radical (unpaired) electrons. The van der Waals surface area contributed by atoms with Gasteiger partial charge in [-0.25, -0.2) is 9.07 Å². The van der Waals surface area contributed by atoms with Crippen molar-refractivity contribution in [1.82, 2.24) is 20.3 Å². The molecule has 1 fully saturated rings. The number of carbonyl (C=O) groups excluding carboxylic acids is 2. The third kappa shape index (κ3) is 4.80. The molecule has 3 aromatic rings. The number of nitrogens with zero attached hydrogens (tertiary/aromatic N) is 3. The zero-order chi connectivity index (χ0) is 22.7. The fraction of sp³-hybridized carbons (Fsp3) is 0.304. The molecule has 1 aliphatic carbocycles. The van der Waals surface area contributed by atoms with E-state index in [4.69, 9.17) is 11.6 Å². The van der Waals surface area contributed by atoms with Gasteiger partial charge >= 0.3 is 0 Å². The number of nitrogens with one attached hydrogen (secondary N) is 2. The Kier molecular flexibility index (Phi) is 6.50. The van der Waals surface area contributed by atoms with Crippen LogP contribution in [0, 0.1) is 12.7 Å². The molecular formula is C23H23ClFN5O2. The Balaban J connectivity index is 1.49. The van der Waals surface area contributed by atoms with Crippen molar-refractivity contribution in [2.45, 2.75) is 45.1 Å². The van der Waals surface area contributed by atoms with E-state index in [-0.39, 0.29) is 23.5 Å². The van der Waals surface area contributed by atoms with Crippen LogP contribution < -0.4 is 10.6 Å². The number of amides is 2. The Morgan fingerprint density at radius 1 is 1.06 bits per heavy atom. The van der Waals surface area contributed by atoms with Crippen LogP contribution in [0.3, 0.4) is 0 Å². The van der Waals surface area contributed by atoms with Gasteiger partial charge in [0.25, 0.3) is 11.8 Å². The highest BCUT2D eigenvalue weighted by atomic mass is 35.5. The van der Waals surface area contributed by atoms with Gasteiger partial charge in [-0.05, 0) is 62.2 Å². The van der Waals surface area contributed by atoms with E-state index in [1.54, 1.807) is 37.3 Å². The maximum atomic E-state index is 13.2. The molecule has 1 heterocycles. The first-order valence-corrected chi connectivity index (χ1v) is 10.9. The van der Waals surface area contributed by atoms with Gasteiger partial charge in [0.05, 0.1) is 22.0 Å². The quantitative estimate of drug-likeness (QED) is 0.584. The lowest BCUT2D eigenvalue weighted by molar-refractivity contribution is 0.0926. The average molecular weight is 456 g/mol. The second kappa shape index (κ2) is 9.48. The highest BCUT2D eigenvalue weighted by molar-refractivity contribution is 6.34. The summed E-state index contributed by atoms with van der Waals surface area (Å²) in [5.41, 5.74) is 1.94. The van der Waals surface area contributed by atoms with Gasteiger partial charge in [0, 0.05) is 11.7 Å². The molecule has 0 aliphatic heterocycles. The first-order chi connectivity index (χ1) is 15.4. The van der Waals surface area contributed by atoms with Crippen LogP contribution in [-0.2, 0) is 0 Å². The van der Waals surface area contributed by atoms with Crippen LogP contribution in [0.4, 0.5) is 10.1 Å². The summed E-state index contributed by atoms with van der Waals surface area (Å²) >= 11 is 6.24. The van der Waals surface area contributed by atoms with E-state index in [1.807, 2.05) is 0 Å². The van der Waals surface area contributed by atoms with Crippen LogP contribution in [0.1, 0.15) is 58.6 Å². The third-order valence-electron chi connectivity index (χ3n) is 5.59. The largest absolute Gasteiger partial charge is 0.349 e. The van der Waals surface area contributed by atoms with Gasteiger partial charge in [-0.3, -0.25) is 9.59 Å². The number of rotatable bonds is 5. The Labute approximate surface area is 190 Å². The summed E-state index contributed by atoms with van der Waals surface area (Å²) in [7, 11) is 0. The summed E-state index contributed by atoms with van der Waals surface area (Å²) in [6.45, 7) is 1.70.